The molecule has 0 spiro atoms. The molecule has 1 unspecified atom stereocenters. The molecule has 6 heteroatoms. The Morgan fingerprint density at radius 1 is 1.33 bits per heavy atom. The fourth-order valence-corrected chi connectivity index (χ4v) is 4.34. The first-order valence-corrected chi connectivity index (χ1v) is 8.60. The van der Waals surface area contributed by atoms with Gasteiger partial charge >= 0.3 is 0 Å². The van der Waals surface area contributed by atoms with Crippen LogP contribution in [0.4, 0.5) is 5.82 Å². The minimum Gasteiger partial charge on any atom is -0.372 e. The van der Waals surface area contributed by atoms with Crippen LogP contribution in [-0.2, 0) is 6.54 Å². The number of fused-ring (bicyclic) bond motifs is 2. The Morgan fingerprint density at radius 3 is 3.19 bits per heavy atom. The smallest absolute Gasteiger partial charge is 0.146 e. The van der Waals surface area contributed by atoms with Crippen molar-refractivity contribution in [2.24, 2.45) is 0 Å². The molecule has 2 aliphatic rings. The number of nitrogens with zero attached hydrogens (tertiary/aromatic N) is 4. The second kappa shape index (κ2) is 5.51. The van der Waals surface area contributed by atoms with Crippen LogP contribution in [0.2, 0.25) is 0 Å². The maximum atomic E-state index is 4.74. The largest absolute Gasteiger partial charge is 0.372 e. The first kappa shape index (κ1) is 13.4. The summed E-state index contributed by atoms with van der Waals surface area (Å²) in [6.45, 7) is 5.66. The van der Waals surface area contributed by atoms with Crippen LogP contribution in [0.5, 0.6) is 0 Å². The zero-order valence-corrected chi connectivity index (χ0v) is 13.2. The highest BCUT2D eigenvalue weighted by Gasteiger charge is 2.30. The zero-order valence-electron chi connectivity index (χ0n) is 12.4. The van der Waals surface area contributed by atoms with Crippen LogP contribution in [0, 0.1) is 0 Å². The van der Waals surface area contributed by atoms with Crippen LogP contribution in [0.3, 0.4) is 0 Å². The normalized spacial score (nSPS) is 23.6. The quantitative estimate of drug-likeness (QED) is 0.940. The molecule has 1 N–H and O–H groups in total. The Kier molecular flexibility index (Phi) is 3.52. The summed E-state index contributed by atoms with van der Waals surface area (Å²) in [6.07, 6.45) is 2.71. The molecule has 0 radical (unpaired) electrons. The number of hydrogen-bond acceptors (Lipinski definition) is 6. The van der Waals surface area contributed by atoms with Gasteiger partial charge in [0.2, 0.25) is 0 Å². The highest BCUT2D eigenvalue weighted by Crippen LogP contribution is 2.26. The highest BCUT2D eigenvalue weighted by atomic mass is 32.1. The molecule has 2 fully saturated rings. The summed E-state index contributed by atoms with van der Waals surface area (Å²) in [5, 5.41) is 6.42. The summed E-state index contributed by atoms with van der Waals surface area (Å²) in [6, 6.07) is 2.85. The van der Waals surface area contributed by atoms with Crippen molar-refractivity contribution >= 4 is 27.4 Å². The first-order valence-electron chi connectivity index (χ1n) is 7.72. The molecule has 4 heterocycles. The van der Waals surface area contributed by atoms with Crippen LogP contribution >= 0.6 is 11.3 Å². The molecule has 2 aliphatic heterocycles. The number of aromatic nitrogens is 2. The lowest BCUT2D eigenvalue weighted by atomic mass is 10.1. The van der Waals surface area contributed by atoms with E-state index in [2.05, 4.69) is 26.6 Å². The highest BCUT2D eigenvalue weighted by molar-refractivity contribution is 7.16. The van der Waals surface area contributed by atoms with Gasteiger partial charge in [0.15, 0.2) is 0 Å². The number of piperazine rings is 1. The molecule has 0 saturated carbocycles. The first-order chi connectivity index (χ1) is 10.3. The Bertz CT molecular complexity index is 640. The lowest BCUT2D eigenvalue weighted by Gasteiger charge is -2.37. The van der Waals surface area contributed by atoms with Crippen molar-refractivity contribution in [3.05, 3.63) is 17.3 Å². The average molecular weight is 303 g/mol. The SMILES string of the molecule is CNc1nc(CN2CCN3CCCC3C2)nc2sccc12. The van der Waals surface area contributed by atoms with Crippen LogP contribution in [-0.4, -0.2) is 59.0 Å². The molecule has 112 valence electrons. The monoisotopic (exact) mass is 303 g/mol. The lowest BCUT2D eigenvalue weighted by molar-refractivity contribution is 0.0975. The van der Waals surface area contributed by atoms with Crippen molar-refractivity contribution in [1.82, 2.24) is 19.8 Å². The number of thiophene rings is 1. The van der Waals surface area contributed by atoms with E-state index in [4.69, 9.17) is 9.97 Å². The minimum atomic E-state index is 0.757. The number of anilines is 1. The van der Waals surface area contributed by atoms with E-state index in [1.54, 1.807) is 11.3 Å². The summed E-state index contributed by atoms with van der Waals surface area (Å²) >= 11 is 1.69. The van der Waals surface area contributed by atoms with Crippen molar-refractivity contribution < 1.29 is 0 Å². The van der Waals surface area contributed by atoms with Crippen molar-refractivity contribution in [1.29, 1.82) is 0 Å². The molecule has 2 aromatic heterocycles. The summed E-state index contributed by atoms with van der Waals surface area (Å²) in [4.78, 5) is 15.7. The topological polar surface area (TPSA) is 44.3 Å². The van der Waals surface area contributed by atoms with Crippen LogP contribution < -0.4 is 5.32 Å². The number of nitrogens with one attached hydrogen (secondary N) is 1. The number of rotatable bonds is 3. The van der Waals surface area contributed by atoms with Gasteiger partial charge in [-0.15, -0.1) is 11.3 Å². The predicted octanol–water partition coefficient (Wildman–Crippen LogP) is 2.01. The zero-order chi connectivity index (χ0) is 14.2. The Labute approximate surface area is 129 Å². The van der Waals surface area contributed by atoms with Crippen molar-refractivity contribution in [3.8, 4) is 0 Å². The minimum absolute atomic E-state index is 0.757. The molecule has 5 nitrogen and oxygen atoms in total. The van der Waals surface area contributed by atoms with E-state index >= 15 is 0 Å². The molecule has 0 aromatic carbocycles. The molecule has 4 rings (SSSR count). The summed E-state index contributed by atoms with van der Waals surface area (Å²) in [7, 11) is 1.93. The fourth-order valence-electron chi connectivity index (χ4n) is 3.56. The van der Waals surface area contributed by atoms with E-state index in [9.17, 15) is 0 Å². The third kappa shape index (κ3) is 2.52. The molecule has 21 heavy (non-hydrogen) atoms. The average Bonchev–Trinajstić information content (AvgIpc) is 3.14. The fraction of sp³-hybridized carbons (Fsp3) is 0.600. The van der Waals surface area contributed by atoms with Gasteiger partial charge in [-0.25, -0.2) is 9.97 Å². The Morgan fingerprint density at radius 2 is 2.29 bits per heavy atom. The summed E-state index contributed by atoms with van der Waals surface area (Å²) in [5.41, 5.74) is 0. The molecule has 0 bridgehead atoms. The van der Waals surface area contributed by atoms with E-state index in [1.165, 1.54) is 32.5 Å². The molecule has 0 amide bonds. The van der Waals surface area contributed by atoms with Gasteiger partial charge in [-0.2, -0.15) is 0 Å². The van der Waals surface area contributed by atoms with E-state index < -0.39 is 0 Å². The van der Waals surface area contributed by atoms with Crippen molar-refractivity contribution in [2.45, 2.75) is 25.4 Å². The second-order valence-corrected chi connectivity index (χ2v) is 6.84. The number of hydrogen-bond donors (Lipinski definition) is 1. The maximum absolute atomic E-state index is 4.74. The molecule has 2 saturated heterocycles. The third-order valence-electron chi connectivity index (χ3n) is 4.64. The van der Waals surface area contributed by atoms with Gasteiger partial charge < -0.3 is 5.32 Å². The van der Waals surface area contributed by atoms with Gasteiger partial charge in [0.25, 0.3) is 0 Å². The summed E-state index contributed by atoms with van der Waals surface area (Å²) in [5.74, 6) is 1.90. The Balaban J connectivity index is 1.54. The van der Waals surface area contributed by atoms with E-state index in [0.29, 0.717) is 0 Å². The van der Waals surface area contributed by atoms with Gasteiger partial charge in [-0.3, -0.25) is 9.80 Å². The van der Waals surface area contributed by atoms with Gasteiger partial charge in [0.1, 0.15) is 16.5 Å². The van der Waals surface area contributed by atoms with Crippen LogP contribution in [0.25, 0.3) is 10.2 Å². The second-order valence-electron chi connectivity index (χ2n) is 5.95. The van der Waals surface area contributed by atoms with Crippen molar-refractivity contribution in [2.75, 3.05) is 38.5 Å². The molecule has 1 atom stereocenters. The maximum Gasteiger partial charge on any atom is 0.146 e. The van der Waals surface area contributed by atoms with E-state index in [0.717, 1.165) is 41.0 Å². The molecular formula is C15H21N5S. The standard InChI is InChI=1S/C15H21N5S/c1-16-14-12-4-8-21-15(12)18-13(17-14)10-19-6-7-20-5-2-3-11(20)9-19/h4,8,11H,2-3,5-7,9-10H2,1H3,(H,16,17,18). The third-order valence-corrected chi connectivity index (χ3v) is 5.45. The molecular weight excluding hydrogens is 282 g/mol. The van der Waals surface area contributed by atoms with Crippen LogP contribution in [0.1, 0.15) is 18.7 Å². The van der Waals surface area contributed by atoms with Gasteiger partial charge in [0.05, 0.1) is 11.9 Å². The van der Waals surface area contributed by atoms with Crippen LogP contribution in [0.15, 0.2) is 11.4 Å². The van der Waals surface area contributed by atoms with Gasteiger partial charge in [-0.1, -0.05) is 0 Å². The van der Waals surface area contributed by atoms with Gasteiger partial charge in [0, 0.05) is 32.7 Å². The molecule has 2 aromatic rings. The lowest BCUT2D eigenvalue weighted by Crippen LogP contribution is -2.49. The van der Waals surface area contributed by atoms with E-state index in [-0.39, 0.29) is 0 Å². The van der Waals surface area contributed by atoms with Gasteiger partial charge in [-0.05, 0) is 30.8 Å². The van der Waals surface area contributed by atoms with Crippen molar-refractivity contribution in [3.63, 3.8) is 0 Å². The van der Waals surface area contributed by atoms with E-state index in [1.807, 2.05) is 7.05 Å². The Hall–Kier alpha value is -1.24. The summed E-state index contributed by atoms with van der Waals surface area (Å²) < 4.78 is 0. The predicted molar refractivity (Wildman–Crippen MR) is 86.8 cm³/mol. The molecule has 0 aliphatic carbocycles.